The molecule has 70 heavy (non-hydrogen) atoms. The number of carbonyl (C=O) groups excluding carboxylic acids is 4. The predicted octanol–water partition coefficient (Wildman–Crippen LogP) is 12.9. The molecule has 0 aromatic carbocycles. The van der Waals surface area contributed by atoms with Crippen molar-refractivity contribution >= 4 is 70.2 Å². The Morgan fingerprint density at radius 1 is 0.329 bits per heavy atom. The second-order valence-electron chi connectivity index (χ2n) is 21.5. The van der Waals surface area contributed by atoms with Crippen LogP contribution in [0.25, 0.3) is 46.4 Å². The standard InChI is InChI=1S/C58H70N4O8/c63-51-23-3-1-4-24-52(64)68-48-20-12-8-16-36(48)56-40-28-27-39(59-40)55(35-15-7-11-19-47(35)67-51)43-31-33-45(61-43)57-37-17-9-13-21-49(37)69-53(65)25-5-2-6-26-54(66)70-50-22-14-10-18-38(50)58(42-30-29-41(57)60-42)46-34-32-44(56)62-46/h27-38,47-50,61-62H,1-26H2/t35-,36-,37-,38-,47-,48-,49-,50-/m1/s1. The van der Waals surface area contributed by atoms with Crippen molar-refractivity contribution in [2.75, 3.05) is 0 Å². The molecule has 8 aliphatic rings. The third-order valence-electron chi connectivity index (χ3n) is 16.9. The molecule has 2 N–H and O–H groups in total. The number of carbonyl (C=O) groups is 4. The molecule has 7 heterocycles. The second kappa shape index (κ2) is 21.1. The monoisotopic (exact) mass is 951 g/mol. The first-order valence-corrected chi connectivity index (χ1v) is 27.3. The molecule has 0 unspecified atom stereocenters. The van der Waals surface area contributed by atoms with E-state index in [-0.39, 0.29) is 72.0 Å². The number of rotatable bonds is 0. The molecule has 4 aliphatic heterocycles. The number of hydrogen-bond acceptors (Lipinski definition) is 10. The summed E-state index contributed by atoms with van der Waals surface area (Å²) in [6, 6.07) is 8.66. The minimum absolute atomic E-state index is 0.106. The molecule has 0 spiro atoms. The Labute approximate surface area is 411 Å². The Morgan fingerprint density at radius 2 is 0.571 bits per heavy atom. The normalized spacial score (nSPS) is 29.3. The van der Waals surface area contributed by atoms with Gasteiger partial charge < -0.3 is 28.9 Å². The van der Waals surface area contributed by atoms with Gasteiger partial charge in [0.05, 0.1) is 22.8 Å². The number of nitrogens with one attached hydrogen (secondary N) is 2. The fourth-order valence-corrected chi connectivity index (χ4v) is 13.5. The van der Waals surface area contributed by atoms with Crippen LogP contribution >= 0.6 is 0 Å². The third-order valence-corrected chi connectivity index (χ3v) is 16.9. The lowest BCUT2D eigenvalue weighted by atomic mass is 9.80. The van der Waals surface area contributed by atoms with Gasteiger partial charge in [-0.05, 0) is 151 Å². The van der Waals surface area contributed by atoms with Gasteiger partial charge in [0, 0.05) is 93.7 Å². The molecule has 0 saturated heterocycles. The Hall–Kier alpha value is -5.52. The van der Waals surface area contributed by atoms with E-state index in [1.165, 1.54) is 0 Å². The Bertz CT molecular complexity index is 2360. The number of H-pyrrole nitrogens is 2. The summed E-state index contributed by atoms with van der Waals surface area (Å²) in [7, 11) is 0. The lowest BCUT2D eigenvalue weighted by Crippen LogP contribution is -2.30. The molecule has 8 atom stereocenters. The maximum Gasteiger partial charge on any atom is 0.306 e. The molecule has 12 nitrogen and oxygen atoms in total. The average Bonchev–Trinajstić information content (AvgIpc) is 4.21. The minimum atomic E-state index is -0.318. The number of hydrogen-bond donors (Lipinski definition) is 2. The Morgan fingerprint density at radius 3 is 0.829 bits per heavy atom. The van der Waals surface area contributed by atoms with Gasteiger partial charge in [0.2, 0.25) is 0 Å². The number of aromatic amines is 2. The molecule has 0 radical (unpaired) electrons. The molecule has 0 amide bonds. The lowest BCUT2D eigenvalue weighted by Gasteiger charge is -2.33. The topological polar surface area (TPSA) is 163 Å². The van der Waals surface area contributed by atoms with Crippen molar-refractivity contribution in [1.82, 2.24) is 19.9 Å². The molecule has 4 fully saturated rings. The molecule has 3 aromatic heterocycles. The van der Waals surface area contributed by atoms with Crippen LogP contribution in [-0.2, 0) is 38.1 Å². The van der Waals surface area contributed by atoms with Crippen LogP contribution in [-0.4, -0.2) is 68.2 Å². The van der Waals surface area contributed by atoms with E-state index in [2.05, 4.69) is 58.5 Å². The van der Waals surface area contributed by atoms with E-state index in [1.54, 1.807) is 0 Å². The SMILES string of the molecule is O=C1CCCCCC(=O)O[C@@H]2CCCC[C@H]2c2c3nc(c(c4ccc([nH]4)c4c5nc(c(c6ccc2[nH]6)[C@@H]2CCCC[C@H]2OC(=O)CCCCCC(=O)O[C@@H]2CCCC[C@@H]42)C=C5)[C@@H]2CCCC[C@H]2O1)C=C3. The quantitative estimate of drug-likeness (QED) is 0.113. The van der Waals surface area contributed by atoms with Crippen molar-refractivity contribution in [3.8, 4) is 0 Å². The zero-order valence-electron chi connectivity index (χ0n) is 40.8. The van der Waals surface area contributed by atoms with E-state index in [4.69, 9.17) is 28.9 Å². The van der Waals surface area contributed by atoms with Gasteiger partial charge in [0.25, 0.3) is 0 Å². The molecule has 12 bridgehead atoms. The predicted molar refractivity (Wildman–Crippen MR) is 269 cm³/mol. The molecule has 370 valence electrons. The summed E-state index contributed by atoms with van der Waals surface area (Å²) >= 11 is 0. The number of fused-ring (bicyclic) bond motifs is 16. The number of aromatic nitrogens is 4. The minimum Gasteiger partial charge on any atom is -0.462 e. The first kappa shape index (κ1) is 46.8. The maximum atomic E-state index is 13.7. The van der Waals surface area contributed by atoms with Crippen molar-refractivity contribution in [1.29, 1.82) is 0 Å². The van der Waals surface area contributed by atoms with Crippen molar-refractivity contribution in [2.45, 2.75) is 215 Å². The van der Waals surface area contributed by atoms with Gasteiger partial charge >= 0.3 is 23.9 Å². The third kappa shape index (κ3) is 9.90. The van der Waals surface area contributed by atoms with E-state index in [0.717, 1.165) is 183 Å². The fraction of sp³-hybridized carbons (Fsp3) is 0.586. The van der Waals surface area contributed by atoms with E-state index < -0.39 is 0 Å². The summed E-state index contributed by atoms with van der Waals surface area (Å²) in [5.74, 6) is -1.21. The largest absolute Gasteiger partial charge is 0.462 e. The number of ether oxygens (including phenoxy) is 4. The summed E-state index contributed by atoms with van der Waals surface area (Å²) in [5, 5.41) is 0. The molecule has 4 aliphatic carbocycles. The van der Waals surface area contributed by atoms with Crippen molar-refractivity contribution in [3.05, 3.63) is 69.3 Å². The van der Waals surface area contributed by atoms with Gasteiger partial charge in [-0.3, -0.25) is 19.2 Å². The summed E-state index contributed by atoms with van der Waals surface area (Å²) in [5.41, 5.74) is 11.1. The summed E-state index contributed by atoms with van der Waals surface area (Å²) < 4.78 is 25.9. The van der Waals surface area contributed by atoms with E-state index in [0.29, 0.717) is 51.4 Å². The van der Waals surface area contributed by atoms with E-state index in [9.17, 15) is 19.2 Å². The van der Waals surface area contributed by atoms with Gasteiger partial charge in [-0.1, -0.05) is 38.5 Å². The van der Waals surface area contributed by atoms with Gasteiger partial charge in [-0.25, -0.2) is 9.97 Å². The van der Waals surface area contributed by atoms with Crippen LogP contribution in [0.5, 0.6) is 0 Å². The first-order valence-electron chi connectivity index (χ1n) is 27.3. The lowest BCUT2D eigenvalue weighted by molar-refractivity contribution is -0.153. The highest BCUT2D eigenvalue weighted by Gasteiger charge is 2.39. The fourth-order valence-electron chi connectivity index (χ4n) is 13.5. The van der Waals surface area contributed by atoms with Crippen LogP contribution in [0, 0.1) is 0 Å². The van der Waals surface area contributed by atoms with Crippen LogP contribution < -0.4 is 0 Å². The zero-order chi connectivity index (χ0) is 47.6. The smallest absolute Gasteiger partial charge is 0.306 e. The van der Waals surface area contributed by atoms with E-state index in [1.807, 2.05) is 0 Å². The van der Waals surface area contributed by atoms with Crippen LogP contribution in [0.4, 0.5) is 0 Å². The molecule has 12 heteroatoms. The van der Waals surface area contributed by atoms with Crippen molar-refractivity contribution in [3.63, 3.8) is 0 Å². The van der Waals surface area contributed by atoms with Gasteiger partial charge in [-0.15, -0.1) is 0 Å². The van der Waals surface area contributed by atoms with Crippen LogP contribution in [0.3, 0.4) is 0 Å². The average molecular weight is 951 g/mol. The molecular formula is C58H70N4O8. The van der Waals surface area contributed by atoms with Gasteiger partial charge in [0.15, 0.2) is 0 Å². The number of nitrogens with zero attached hydrogens (tertiary/aromatic N) is 2. The van der Waals surface area contributed by atoms with E-state index >= 15 is 0 Å². The van der Waals surface area contributed by atoms with Crippen molar-refractivity contribution in [2.24, 2.45) is 0 Å². The molecule has 4 saturated carbocycles. The molecule has 3 aromatic rings. The summed E-state index contributed by atoms with van der Waals surface area (Å²) in [6.07, 6.45) is 27.0. The highest BCUT2D eigenvalue weighted by Crippen LogP contribution is 2.46. The Balaban J connectivity index is 1.22. The highest BCUT2D eigenvalue weighted by atomic mass is 16.6. The highest BCUT2D eigenvalue weighted by molar-refractivity contribution is 5.85. The Kier molecular flexibility index (Phi) is 14.1. The van der Waals surface area contributed by atoms with Crippen LogP contribution in [0.2, 0.25) is 0 Å². The summed E-state index contributed by atoms with van der Waals surface area (Å²) in [4.78, 5) is 73.8. The molecular weight excluding hydrogens is 881 g/mol. The first-order chi connectivity index (χ1) is 34.3. The number of esters is 4. The van der Waals surface area contributed by atoms with Crippen molar-refractivity contribution < 1.29 is 38.1 Å². The maximum absolute atomic E-state index is 13.7. The summed E-state index contributed by atoms with van der Waals surface area (Å²) in [6.45, 7) is 0. The zero-order valence-corrected chi connectivity index (χ0v) is 40.8. The van der Waals surface area contributed by atoms with Crippen LogP contribution in [0.1, 0.15) is 236 Å². The molecule has 11 rings (SSSR count). The second-order valence-corrected chi connectivity index (χ2v) is 21.5. The van der Waals surface area contributed by atoms with Crippen LogP contribution in [0.15, 0.2) is 24.3 Å². The van der Waals surface area contributed by atoms with Gasteiger partial charge in [-0.2, -0.15) is 0 Å². The van der Waals surface area contributed by atoms with Gasteiger partial charge in [0.1, 0.15) is 24.4 Å².